The largest absolute Gasteiger partial charge is 0.481 e. The minimum atomic E-state index is -1.11. The smallest absolute Gasteiger partial charge is 0.326 e. The second kappa shape index (κ2) is 25.1. The predicted octanol–water partition coefficient (Wildman–Crippen LogP) is 5.30. The van der Waals surface area contributed by atoms with Crippen molar-refractivity contribution in [2.24, 2.45) is 5.73 Å². The summed E-state index contributed by atoms with van der Waals surface area (Å²) in [4.78, 5) is 46.0. The summed E-state index contributed by atoms with van der Waals surface area (Å²) in [5.74, 6) is -2.28. The maximum Gasteiger partial charge on any atom is 0.326 e. The highest BCUT2D eigenvalue weighted by atomic mass is 16.4. The number of nitrogens with one attached hydrogen (secondary N) is 2. The van der Waals surface area contributed by atoms with Crippen LogP contribution in [0, 0.1) is 0 Å². The highest BCUT2D eigenvalue weighted by Crippen LogP contribution is 2.14. The maximum absolute atomic E-state index is 12.2. The van der Waals surface area contributed by atoms with Crippen LogP contribution in [-0.4, -0.2) is 52.6 Å². The number of unbranched alkanes of at least 4 members (excludes halogenated alkanes) is 14. The van der Waals surface area contributed by atoms with E-state index in [9.17, 15) is 24.3 Å². The van der Waals surface area contributed by atoms with Gasteiger partial charge in [-0.15, -0.1) is 0 Å². The molecule has 0 aromatic heterocycles. The van der Waals surface area contributed by atoms with Crippen molar-refractivity contribution in [3.8, 4) is 0 Å². The van der Waals surface area contributed by atoms with Gasteiger partial charge >= 0.3 is 11.9 Å². The van der Waals surface area contributed by atoms with Crippen molar-refractivity contribution in [2.75, 3.05) is 6.54 Å². The number of carbonyl (C=O) groups is 4. The summed E-state index contributed by atoms with van der Waals surface area (Å²) in [5, 5.41) is 23.3. The standard InChI is InChI=1S/C29H55N3O6/c1-24(30)18-16-17-23-31-26(33)22-21-25(29(37)38)32-27(34)19-14-12-10-8-6-4-2-3-5-7-9-11-13-15-20-28(35)36/h24-25H,2-23,30H2,1H3,(H,31,33)(H,32,34)(H,35,36)(H,37,38)/t24-,25?/m1/s1. The van der Waals surface area contributed by atoms with Gasteiger partial charge in [-0.05, 0) is 39.0 Å². The normalized spacial score (nSPS) is 12.6. The SMILES string of the molecule is C[C@@H](N)CCCCNC(=O)CCC(NC(=O)CCCCCCCCCCCCCCCCC(=O)O)C(=O)O. The molecule has 0 saturated carbocycles. The van der Waals surface area contributed by atoms with Crippen molar-refractivity contribution >= 4 is 23.8 Å². The minimum Gasteiger partial charge on any atom is -0.481 e. The number of carboxylic acid groups (broad SMARTS) is 2. The molecule has 0 heterocycles. The zero-order chi connectivity index (χ0) is 28.4. The molecule has 2 amide bonds. The molecule has 6 N–H and O–H groups in total. The third kappa shape index (κ3) is 25.5. The van der Waals surface area contributed by atoms with E-state index in [0.717, 1.165) is 64.2 Å². The first-order valence-electron chi connectivity index (χ1n) is 15.0. The lowest BCUT2D eigenvalue weighted by Crippen LogP contribution is -2.41. The van der Waals surface area contributed by atoms with Gasteiger partial charge in [0.25, 0.3) is 0 Å². The summed E-state index contributed by atoms with van der Waals surface area (Å²) in [6.07, 6.45) is 19.0. The summed E-state index contributed by atoms with van der Waals surface area (Å²) < 4.78 is 0. The Bertz CT molecular complexity index is 642. The van der Waals surface area contributed by atoms with E-state index >= 15 is 0 Å². The topological polar surface area (TPSA) is 159 Å². The Hall–Kier alpha value is -2.16. The van der Waals surface area contributed by atoms with Gasteiger partial charge in [0.1, 0.15) is 6.04 Å². The van der Waals surface area contributed by atoms with Crippen molar-refractivity contribution in [1.29, 1.82) is 0 Å². The Morgan fingerprint density at radius 2 is 1.08 bits per heavy atom. The van der Waals surface area contributed by atoms with Crippen molar-refractivity contribution < 1.29 is 29.4 Å². The molecule has 0 aliphatic rings. The molecule has 38 heavy (non-hydrogen) atoms. The molecule has 0 aromatic carbocycles. The lowest BCUT2D eigenvalue weighted by molar-refractivity contribution is -0.142. The maximum atomic E-state index is 12.2. The predicted molar refractivity (Wildman–Crippen MR) is 151 cm³/mol. The molecule has 0 aliphatic heterocycles. The molecule has 0 fully saturated rings. The summed E-state index contributed by atoms with van der Waals surface area (Å²) in [6, 6.07) is -0.888. The number of hydrogen-bond acceptors (Lipinski definition) is 5. The Labute approximate surface area is 230 Å². The van der Waals surface area contributed by atoms with Crippen LogP contribution in [0.5, 0.6) is 0 Å². The Kier molecular flexibility index (Phi) is 23.7. The van der Waals surface area contributed by atoms with Crippen LogP contribution in [0.3, 0.4) is 0 Å². The fourth-order valence-corrected chi connectivity index (χ4v) is 4.39. The van der Waals surface area contributed by atoms with Crippen LogP contribution in [-0.2, 0) is 19.2 Å². The quantitative estimate of drug-likeness (QED) is 0.0883. The molecule has 9 heteroatoms. The van der Waals surface area contributed by atoms with Crippen molar-refractivity contribution in [1.82, 2.24) is 10.6 Å². The van der Waals surface area contributed by atoms with Gasteiger partial charge in [-0.3, -0.25) is 14.4 Å². The molecule has 9 nitrogen and oxygen atoms in total. The van der Waals surface area contributed by atoms with E-state index in [2.05, 4.69) is 10.6 Å². The third-order valence-electron chi connectivity index (χ3n) is 6.75. The lowest BCUT2D eigenvalue weighted by atomic mass is 10.0. The monoisotopic (exact) mass is 541 g/mol. The zero-order valence-corrected chi connectivity index (χ0v) is 23.8. The first kappa shape index (κ1) is 35.8. The summed E-state index contributed by atoms with van der Waals surface area (Å²) in [5.41, 5.74) is 5.69. The van der Waals surface area contributed by atoms with Gasteiger partial charge < -0.3 is 26.6 Å². The summed E-state index contributed by atoms with van der Waals surface area (Å²) in [6.45, 7) is 2.50. The van der Waals surface area contributed by atoms with Crippen LogP contribution >= 0.6 is 0 Å². The molecule has 2 atom stereocenters. The average Bonchev–Trinajstić information content (AvgIpc) is 2.85. The van der Waals surface area contributed by atoms with Crippen LogP contribution in [0.25, 0.3) is 0 Å². The molecule has 1 unspecified atom stereocenters. The second-order valence-corrected chi connectivity index (χ2v) is 10.7. The average molecular weight is 542 g/mol. The first-order valence-corrected chi connectivity index (χ1v) is 15.0. The van der Waals surface area contributed by atoms with Crippen LogP contribution in [0.2, 0.25) is 0 Å². The molecule has 0 radical (unpaired) electrons. The van der Waals surface area contributed by atoms with Crippen LogP contribution < -0.4 is 16.4 Å². The molecule has 0 rings (SSSR count). The molecule has 222 valence electrons. The van der Waals surface area contributed by atoms with Crippen molar-refractivity contribution in [2.45, 2.75) is 154 Å². The van der Waals surface area contributed by atoms with E-state index in [-0.39, 0.29) is 37.1 Å². The highest BCUT2D eigenvalue weighted by molar-refractivity contribution is 5.84. The fourth-order valence-electron chi connectivity index (χ4n) is 4.39. The molecular weight excluding hydrogens is 486 g/mol. The second-order valence-electron chi connectivity index (χ2n) is 10.7. The molecular formula is C29H55N3O6. The number of rotatable bonds is 27. The third-order valence-corrected chi connectivity index (χ3v) is 6.75. The minimum absolute atomic E-state index is 0.0686. The van der Waals surface area contributed by atoms with Crippen LogP contribution in [0.1, 0.15) is 142 Å². The number of carbonyl (C=O) groups excluding carboxylic acids is 2. The van der Waals surface area contributed by atoms with Crippen molar-refractivity contribution in [3.63, 3.8) is 0 Å². The molecule has 0 spiro atoms. The van der Waals surface area contributed by atoms with E-state index in [4.69, 9.17) is 10.8 Å². The van der Waals surface area contributed by atoms with Gasteiger partial charge in [0.05, 0.1) is 0 Å². The van der Waals surface area contributed by atoms with Gasteiger partial charge in [-0.1, -0.05) is 83.5 Å². The van der Waals surface area contributed by atoms with Crippen LogP contribution in [0.4, 0.5) is 0 Å². The van der Waals surface area contributed by atoms with Gasteiger partial charge in [-0.2, -0.15) is 0 Å². The van der Waals surface area contributed by atoms with E-state index < -0.39 is 18.0 Å². The molecule has 0 aliphatic carbocycles. The van der Waals surface area contributed by atoms with Gasteiger partial charge in [0.2, 0.25) is 11.8 Å². The number of nitrogens with two attached hydrogens (primary N) is 1. The van der Waals surface area contributed by atoms with Gasteiger partial charge in [0, 0.05) is 31.8 Å². The number of aliphatic carboxylic acids is 2. The number of hydrogen-bond donors (Lipinski definition) is 5. The van der Waals surface area contributed by atoms with Gasteiger partial charge in [-0.25, -0.2) is 4.79 Å². The zero-order valence-electron chi connectivity index (χ0n) is 23.8. The van der Waals surface area contributed by atoms with E-state index in [0.29, 0.717) is 13.0 Å². The Morgan fingerprint density at radius 1 is 0.605 bits per heavy atom. The fraction of sp³-hybridized carbons (Fsp3) is 0.862. The summed E-state index contributed by atoms with van der Waals surface area (Å²) in [7, 11) is 0. The van der Waals surface area contributed by atoms with E-state index in [1.165, 1.54) is 44.9 Å². The molecule has 0 saturated heterocycles. The Balaban J connectivity index is 3.64. The van der Waals surface area contributed by atoms with E-state index in [1.54, 1.807) is 0 Å². The molecule has 0 aromatic rings. The highest BCUT2D eigenvalue weighted by Gasteiger charge is 2.20. The number of amides is 2. The van der Waals surface area contributed by atoms with Crippen LogP contribution in [0.15, 0.2) is 0 Å². The molecule has 0 bridgehead atoms. The first-order chi connectivity index (χ1) is 18.2. The van der Waals surface area contributed by atoms with Gasteiger partial charge in [0.15, 0.2) is 0 Å². The number of carboxylic acids is 2. The lowest BCUT2D eigenvalue weighted by Gasteiger charge is -2.14. The van der Waals surface area contributed by atoms with Crippen molar-refractivity contribution in [3.05, 3.63) is 0 Å². The Morgan fingerprint density at radius 3 is 1.53 bits per heavy atom. The van der Waals surface area contributed by atoms with E-state index in [1.807, 2.05) is 6.92 Å². The summed E-state index contributed by atoms with van der Waals surface area (Å²) >= 11 is 0.